The first-order valence-corrected chi connectivity index (χ1v) is 8.82. The van der Waals surface area contributed by atoms with Crippen molar-refractivity contribution in [3.05, 3.63) is 54.6 Å². The number of hydrogen-bond donors (Lipinski definition) is 0. The zero-order chi connectivity index (χ0) is 15.6. The third kappa shape index (κ3) is 5.32. The molecule has 0 bridgehead atoms. The summed E-state index contributed by atoms with van der Waals surface area (Å²) in [6, 6.07) is 11.4. The maximum Gasteiger partial charge on any atom is 0.0948 e. The van der Waals surface area contributed by atoms with Crippen LogP contribution in [0.4, 0.5) is 0 Å². The fourth-order valence-corrected chi connectivity index (χ4v) is 3.19. The van der Waals surface area contributed by atoms with Gasteiger partial charge in [0.1, 0.15) is 0 Å². The highest BCUT2D eigenvalue weighted by Gasteiger charge is 2.18. The van der Waals surface area contributed by atoms with Crippen LogP contribution in [0.15, 0.2) is 49.1 Å². The molecular formula is C20H30N2. The van der Waals surface area contributed by atoms with E-state index >= 15 is 0 Å². The van der Waals surface area contributed by atoms with E-state index in [1.807, 2.05) is 12.5 Å². The average Bonchev–Trinajstić information content (AvgIpc) is 3.08. The molecular weight excluding hydrogens is 268 g/mol. The van der Waals surface area contributed by atoms with Gasteiger partial charge < -0.3 is 4.57 Å². The van der Waals surface area contributed by atoms with Crippen molar-refractivity contribution in [1.29, 1.82) is 0 Å². The number of imidazole rings is 1. The summed E-state index contributed by atoms with van der Waals surface area (Å²) in [7, 11) is 0. The largest absolute Gasteiger partial charge is 0.334 e. The van der Waals surface area contributed by atoms with Crippen LogP contribution in [0, 0.1) is 5.92 Å². The number of aromatic nitrogens is 2. The summed E-state index contributed by atoms with van der Waals surface area (Å²) in [5, 5.41) is 0. The number of nitrogens with zero attached hydrogens (tertiary/aromatic N) is 2. The van der Waals surface area contributed by atoms with Gasteiger partial charge in [-0.2, -0.15) is 0 Å². The Balaban J connectivity index is 1.94. The lowest BCUT2D eigenvalue weighted by atomic mass is 9.88. The van der Waals surface area contributed by atoms with Gasteiger partial charge in [0.15, 0.2) is 0 Å². The Kier molecular flexibility index (Phi) is 7.21. The van der Waals surface area contributed by atoms with Gasteiger partial charge in [0.25, 0.3) is 0 Å². The molecule has 0 aliphatic carbocycles. The van der Waals surface area contributed by atoms with E-state index < -0.39 is 0 Å². The lowest BCUT2D eigenvalue weighted by molar-refractivity contribution is 0.318. The monoisotopic (exact) mass is 298 g/mol. The highest BCUT2D eigenvalue weighted by molar-refractivity contribution is 5.15. The van der Waals surface area contributed by atoms with E-state index in [1.54, 1.807) is 0 Å². The van der Waals surface area contributed by atoms with Gasteiger partial charge in [-0.3, -0.25) is 0 Å². The highest BCUT2D eigenvalue weighted by Crippen LogP contribution is 2.27. The summed E-state index contributed by atoms with van der Waals surface area (Å²) in [5.74, 6) is 0.679. The van der Waals surface area contributed by atoms with Gasteiger partial charge in [-0.15, -0.1) is 0 Å². The molecule has 2 unspecified atom stereocenters. The van der Waals surface area contributed by atoms with E-state index in [-0.39, 0.29) is 0 Å². The van der Waals surface area contributed by atoms with Gasteiger partial charge in [0.2, 0.25) is 0 Å². The van der Waals surface area contributed by atoms with Crippen LogP contribution < -0.4 is 0 Å². The zero-order valence-corrected chi connectivity index (χ0v) is 14.1. The van der Waals surface area contributed by atoms with Gasteiger partial charge in [-0.1, -0.05) is 69.4 Å². The Morgan fingerprint density at radius 2 is 1.82 bits per heavy atom. The van der Waals surface area contributed by atoms with E-state index in [9.17, 15) is 0 Å². The fourth-order valence-electron chi connectivity index (χ4n) is 3.19. The van der Waals surface area contributed by atoms with Crippen molar-refractivity contribution in [3.8, 4) is 0 Å². The van der Waals surface area contributed by atoms with Crippen molar-refractivity contribution >= 4 is 0 Å². The van der Waals surface area contributed by atoms with Gasteiger partial charge >= 0.3 is 0 Å². The zero-order valence-electron chi connectivity index (χ0n) is 14.1. The molecule has 0 aliphatic rings. The molecule has 2 heteroatoms. The molecule has 0 amide bonds. The van der Waals surface area contributed by atoms with Crippen molar-refractivity contribution in [2.75, 3.05) is 0 Å². The third-order valence-electron chi connectivity index (χ3n) is 4.70. The predicted molar refractivity (Wildman–Crippen MR) is 94.0 cm³/mol. The second-order valence-electron chi connectivity index (χ2n) is 6.40. The van der Waals surface area contributed by atoms with Crippen molar-refractivity contribution in [2.24, 2.45) is 5.92 Å². The molecule has 1 heterocycles. The quantitative estimate of drug-likeness (QED) is 0.517. The molecule has 0 aliphatic heterocycles. The maximum absolute atomic E-state index is 4.22. The lowest BCUT2D eigenvalue weighted by Crippen LogP contribution is -2.18. The van der Waals surface area contributed by atoms with Crippen LogP contribution >= 0.6 is 0 Å². The summed E-state index contributed by atoms with van der Waals surface area (Å²) < 4.78 is 2.26. The molecule has 0 fully saturated rings. The fraction of sp³-hybridized carbons (Fsp3) is 0.550. The first-order valence-electron chi connectivity index (χ1n) is 8.82. The first kappa shape index (κ1) is 16.8. The summed E-state index contributed by atoms with van der Waals surface area (Å²) in [6.45, 7) is 4.61. The molecule has 22 heavy (non-hydrogen) atoms. The van der Waals surface area contributed by atoms with Crippen molar-refractivity contribution in [2.45, 2.75) is 64.8 Å². The topological polar surface area (TPSA) is 17.8 Å². The second kappa shape index (κ2) is 9.45. The molecule has 1 aromatic carbocycles. The minimum atomic E-state index is 0.508. The third-order valence-corrected chi connectivity index (χ3v) is 4.70. The first-order chi connectivity index (χ1) is 10.8. The Morgan fingerprint density at radius 1 is 1.05 bits per heavy atom. The molecule has 0 saturated heterocycles. The summed E-state index contributed by atoms with van der Waals surface area (Å²) >= 11 is 0. The molecule has 120 valence electrons. The van der Waals surface area contributed by atoms with E-state index in [2.05, 4.69) is 59.9 Å². The molecule has 0 radical (unpaired) electrons. The number of unbranched alkanes of at least 4 members (excludes halogenated alkanes) is 4. The minimum Gasteiger partial charge on any atom is -0.334 e. The van der Waals surface area contributed by atoms with Crippen LogP contribution in [0.2, 0.25) is 0 Å². The SMILES string of the molecule is CCCCCCCC(Cc1ccccc1)C(C)n1ccnc1. The van der Waals surface area contributed by atoms with Crippen LogP contribution in [-0.4, -0.2) is 9.55 Å². The molecule has 2 rings (SSSR count). The highest BCUT2D eigenvalue weighted by atomic mass is 15.0. The maximum atomic E-state index is 4.22. The molecule has 0 N–H and O–H groups in total. The van der Waals surface area contributed by atoms with Crippen LogP contribution in [-0.2, 0) is 6.42 Å². The molecule has 2 nitrogen and oxygen atoms in total. The normalized spacial score (nSPS) is 13.9. The van der Waals surface area contributed by atoms with Gasteiger partial charge in [-0.25, -0.2) is 4.98 Å². The van der Waals surface area contributed by atoms with Crippen molar-refractivity contribution in [3.63, 3.8) is 0 Å². The summed E-state index contributed by atoms with van der Waals surface area (Å²) in [5.41, 5.74) is 1.45. The van der Waals surface area contributed by atoms with E-state index in [4.69, 9.17) is 0 Å². The summed E-state index contributed by atoms with van der Waals surface area (Å²) in [6.07, 6.45) is 15.2. The molecule has 1 aromatic heterocycles. The Hall–Kier alpha value is -1.57. The van der Waals surface area contributed by atoms with E-state index in [1.165, 1.54) is 44.1 Å². The van der Waals surface area contributed by atoms with Gasteiger partial charge in [-0.05, 0) is 31.2 Å². The molecule has 2 atom stereocenters. The number of hydrogen-bond acceptors (Lipinski definition) is 1. The Morgan fingerprint density at radius 3 is 2.50 bits per heavy atom. The molecule has 2 aromatic rings. The van der Waals surface area contributed by atoms with E-state index in [0.29, 0.717) is 12.0 Å². The smallest absolute Gasteiger partial charge is 0.0948 e. The molecule has 0 saturated carbocycles. The average molecular weight is 298 g/mol. The van der Waals surface area contributed by atoms with Crippen LogP contribution in [0.1, 0.15) is 64.0 Å². The standard InChI is InChI=1S/C20H30N2/c1-3-4-5-6-10-13-20(16-19-11-8-7-9-12-19)18(2)22-15-14-21-17-22/h7-9,11-12,14-15,17-18,20H,3-6,10,13,16H2,1-2H3. The Bertz CT molecular complexity index is 490. The van der Waals surface area contributed by atoms with Crippen LogP contribution in [0.3, 0.4) is 0 Å². The van der Waals surface area contributed by atoms with Gasteiger partial charge in [0, 0.05) is 18.4 Å². The van der Waals surface area contributed by atoms with Crippen molar-refractivity contribution in [1.82, 2.24) is 9.55 Å². The summed E-state index contributed by atoms with van der Waals surface area (Å²) in [4.78, 5) is 4.22. The van der Waals surface area contributed by atoms with Gasteiger partial charge in [0.05, 0.1) is 6.33 Å². The number of rotatable bonds is 10. The number of benzene rings is 1. The van der Waals surface area contributed by atoms with Crippen molar-refractivity contribution < 1.29 is 0 Å². The molecule has 0 spiro atoms. The minimum absolute atomic E-state index is 0.508. The van der Waals surface area contributed by atoms with Crippen LogP contribution in [0.25, 0.3) is 0 Å². The lowest BCUT2D eigenvalue weighted by Gasteiger charge is -2.25. The van der Waals surface area contributed by atoms with Crippen LogP contribution in [0.5, 0.6) is 0 Å². The van der Waals surface area contributed by atoms with E-state index in [0.717, 1.165) is 6.42 Å². The predicted octanol–water partition coefficient (Wildman–Crippen LogP) is 5.66. The second-order valence-corrected chi connectivity index (χ2v) is 6.40. The Labute approximate surface area is 135 Å².